The first kappa shape index (κ1) is 15.5. The van der Waals surface area contributed by atoms with Gasteiger partial charge >= 0.3 is 11.9 Å². The third-order valence-electron chi connectivity index (χ3n) is 3.32. The number of aliphatic carboxylic acids is 1. The van der Waals surface area contributed by atoms with E-state index in [1.54, 1.807) is 42.5 Å². The Morgan fingerprint density at radius 1 is 1.05 bits per heavy atom. The Kier molecular flexibility index (Phi) is 4.73. The largest absolute Gasteiger partial charge is 0.478 e. The van der Waals surface area contributed by atoms with Crippen molar-refractivity contribution in [3.05, 3.63) is 84.4 Å². The Bertz CT molecular complexity index is 664. The summed E-state index contributed by atoms with van der Waals surface area (Å²) in [6.07, 6.45) is 0.998. The van der Waals surface area contributed by atoms with E-state index >= 15 is 0 Å². The van der Waals surface area contributed by atoms with Gasteiger partial charge in [-0.05, 0) is 5.56 Å². The summed E-state index contributed by atoms with van der Waals surface area (Å²) in [7, 11) is 0. The van der Waals surface area contributed by atoms with E-state index in [0.29, 0.717) is 5.56 Å². The van der Waals surface area contributed by atoms with Crippen molar-refractivity contribution >= 4 is 11.9 Å². The van der Waals surface area contributed by atoms with Crippen LogP contribution in [0.2, 0.25) is 0 Å². The lowest BCUT2D eigenvalue weighted by molar-refractivity contribution is -0.177. The van der Waals surface area contributed by atoms with Crippen molar-refractivity contribution in [2.75, 3.05) is 0 Å². The topological polar surface area (TPSA) is 63.6 Å². The summed E-state index contributed by atoms with van der Waals surface area (Å²) in [6, 6.07) is 17.5. The first-order valence-electron chi connectivity index (χ1n) is 6.77. The molecular formula is C18H16O4. The second-order valence-electron chi connectivity index (χ2n) is 4.79. The Balaban J connectivity index is 2.52. The Hall–Kier alpha value is -2.88. The van der Waals surface area contributed by atoms with Crippen LogP contribution in [0, 0.1) is 0 Å². The van der Waals surface area contributed by atoms with Crippen LogP contribution in [0.25, 0.3) is 0 Å². The molecule has 0 heterocycles. The molecule has 0 aliphatic rings. The maximum Gasteiger partial charge on any atom is 0.353 e. The average Bonchev–Trinajstić information content (AvgIpc) is 2.55. The minimum Gasteiger partial charge on any atom is -0.478 e. The summed E-state index contributed by atoms with van der Waals surface area (Å²) >= 11 is 0. The highest BCUT2D eigenvalue weighted by Crippen LogP contribution is 2.31. The standard InChI is InChI=1S/C18H16O4/c1-2-16(19)22-18(17(20)21,15-11-7-4-8-12-15)13-14-9-5-3-6-10-14/h2-12H,1,13H2,(H,20,21). The lowest BCUT2D eigenvalue weighted by atomic mass is 9.87. The van der Waals surface area contributed by atoms with Crippen LogP contribution in [-0.4, -0.2) is 17.0 Å². The van der Waals surface area contributed by atoms with Crippen molar-refractivity contribution in [3.8, 4) is 0 Å². The number of carboxylic acid groups (broad SMARTS) is 1. The molecule has 4 heteroatoms. The first-order chi connectivity index (χ1) is 10.6. The predicted molar refractivity (Wildman–Crippen MR) is 82.2 cm³/mol. The van der Waals surface area contributed by atoms with E-state index in [-0.39, 0.29) is 6.42 Å². The lowest BCUT2D eigenvalue weighted by Gasteiger charge is -2.29. The molecule has 22 heavy (non-hydrogen) atoms. The highest BCUT2D eigenvalue weighted by molar-refractivity contribution is 5.88. The third-order valence-corrected chi connectivity index (χ3v) is 3.32. The second kappa shape index (κ2) is 6.72. The van der Waals surface area contributed by atoms with Crippen LogP contribution in [0.1, 0.15) is 11.1 Å². The van der Waals surface area contributed by atoms with E-state index in [2.05, 4.69) is 6.58 Å². The molecule has 2 aromatic carbocycles. The number of carbonyl (C=O) groups excluding carboxylic acids is 1. The summed E-state index contributed by atoms with van der Waals surface area (Å²) in [5.74, 6) is -2.00. The van der Waals surface area contributed by atoms with Crippen molar-refractivity contribution < 1.29 is 19.4 Å². The Labute approximate surface area is 128 Å². The van der Waals surface area contributed by atoms with E-state index in [1.165, 1.54) is 0 Å². The van der Waals surface area contributed by atoms with Gasteiger partial charge in [0.25, 0.3) is 0 Å². The monoisotopic (exact) mass is 296 g/mol. The zero-order chi connectivity index (χ0) is 16.0. The maximum absolute atomic E-state index is 12.0. The van der Waals surface area contributed by atoms with Gasteiger partial charge in [-0.2, -0.15) is 0 Å². The number of carbonyl (C=O) groups is 2. The number of esters is 1. The number of hydrogen-bond acceptors (Lipinski definition) is 3. The molecule has 0 bridgehead atoms. The number of hydrogen-bond donors (Lipinski definition) is 1. The van der Waals surface area contributed by atoms with Crippen molar-refractivity contribution in [1.82, 2.24) is 0 Å². The van der Waals surface area contributed by atoms with Crippen LogP contribution >= 0.6 is 0 Å². The Morgan fingerprint density at radius 3 is 2.09 bits per heavy atom. The summed E-state index contributed by atoms with van der Waals surface area (Å²) in [5, 5.41) is 9.77. The number of carboxylic acids is 1. The molecule has 0 spiro atoms. The molecule has 0 saturated heterocycles. The molecule has 112 valence electrons. The molecule has 2 aromatic rings. The molecule has 0 radical (unpaired) electrons. The van der Waals surface area contributed by atoms with E-state index in [1.807, 2.05) is 18.2 Å². The molecule has 0 aromatic heterocycles. The zero-order valence-corrected chi connectivity index (χ0v) is 11.9. The molecule has 1 atom stereocenters. The van der Waals surface area contributed by atoms with Gasteiger partial charge in [0, 0.05) is 18.1 Å². The maximum atomic E-state index is 12.0. The highest BCUT2D eigenvalue weighted by atomic mass is 16.6. The quantitative estimate of drug-likeness (QED) is 0.657. The molecular weight excluding hydrogens is 280 g/mol. The van der Waals surface area contributed by atoms with Gasteiger partial charge in [-0.3, -0.25) is 0 Å². The van der Waals surface area contributed by atoms with Crippen molar-refractivity contribution in [2.45, 2.75) is 12.0 Å². The molecule has 0 aliphatic heterocycles. The normalized spacial score (nSPS) is 12.9. The number of benzene rings is 2. The van der Waals surface area contributed by atoms with Crippen LogP contribution in [0.15, 0.2) is 73.3 Å². The molecule has 2 rings (SSSR count). The summed E-state index contributed by atoms with van der Waals surface area (Å²) in [4.78, 5) is 23.7. The third kappa shape index (κ3) is 3.23. The van der Waals surface area contributed by atoms with Gasteiger partial charge in [-0.25, -0.2) is 9.59 Å². The SMILES string of the molecule is C=CC(=O)OC(Cc1ccccc1)(C(=O)O)c1ccccc1. The van der Waals surface area contributed by atoms with E-state index in [0.717, 1.165) is 11.6 Å². The van der Waals surface area contributed by atoms with Crippen LogP contribution < -0.4 is 0 Å². The van der Waals surface area contributed by atoms with Crippen molar-refractivity contribution in [2.24, 2.45) is 0 Å². The van der Waals surface area contributed by atoms with Gasteiger partial charge < -0.3 is 9.84 Å². The molecule has 0 saturated carbocycles. The van der Waals surface area contributed by atoms with Gasteiger partial charge in [-0.1, -0.05) is 67.2 Å². The number of ether oxygens (including phenoxy) is 1. The fraction of sp³-hybridized carbons (Fsp3) is 0.111. The lowest BCUT2D eigenvalue weighted by Crippen LogP contribution is -2.42. The minimum absolute atomic E-state index is 0.0345. The van der Waals surface area contributed by atoms with Gasteiger partial charge in [0.05, 0.1) is 0 Å². The molecule has 0 fully saturated rings. The molecule has 1 unspecified atom stereocenters. The van der Waals surface area contributed by atoms with E-state index in [4.69, 9.17) is 4.74 Å². The fourth-order valence-electron chi connectivity index (χ4n) is 2.24. The first-order valence-corrected chi connectivity index (χ1v) is 6.77. The summed E-state index contributed by atoms with van der Waals surface area (Å²) in [5.41, 5.74) is -0.624. The molecule has 1 N–H and O–H groups in total. The van der Waals surface area contributed by atoms with Crippen LogP contribution in [0.3, 0.4) is 0 Å². The second-order valence-corrected chi connectivity index (χ2v) is 4.79. The van der Waals surface area contributed by atoms with Crippen LogP contribution in [0.4, 0.5) is 0 Å². The van der Waals surface area contributed by atoms with Crippen LogP contribution in [0.5, 0.6) is 0 Å². The van der Waals surface area contributed by atoms with E-state index in [9.17, 15) is 14.7 Å². The fourth-order valence-corrected chi connectivity index (χ4v) is 2.24. The number of rotatable bonds is 6. The summed E-state index contributed by atoms with van der Waals surface area (Å²) < 4.78 is 5.28. The molecule has 0 aliphatic carbocycles. The van der Waals surface area contributed by atoms with Gasteiger partial charge in [0.1, 0.15) is 0 Å². The molecule has 4 nitrogen and oxygen atoms in total. The average molecular weight is 296 g/mol. The van der Waals surface area contributed by atoms with Gasteiger partial charge in [-0.15, -0.1) is 0 Å². The smallest absolute Gasteiger partial charge is 0.353 e. The van der Waals surface area contributed by atoms with Crippen molar-refractivity contribution in [1.29, 1.82) is 0 Å². The zero-order valence-electron chi connectivity index (χ0n) is 11.9. The predicted octanol–water partition coefficient (Wildman–Crippen LogP) is 2.94. The van der Waals surface area contributed by atoms with Gasteiger partial charge in [0.15, 0.2) is 0 Å². The van der Waals surface area contributed by atoms with Crippen molar-refractivity contribution in [3.63, 3.8) is 0 Å². The van der Waals surface area contributed by atoms with Gasteiger partial charge in [0.2, 0.25) is 5.60 Å². The van der Waals surface area contributed by atoms with E-state index < -0.39 is 17.5 Å². The molecule has 0 amide bonds. The Morgan fingerprint density at radius 2 is 1.59 bits per heavy atom. The minimum atomic E-state index is -1.78. The van der Waals surface area contributed by atoms with Crippen LogP contribution in [-0.2, 0) is 26.3 Å². The summed E-state index contributed by atoms with van der Waals surface area (Å²) in [6.45, 7) is 3.34. The highest BCUT2D eigenvalue weighted by Gasteiger charge is 2.44.